The molecule has 0 heterocycles. The topological polar surface area (TPSA) is 41.1 Å². The zero-order chi connectivity index (χ0) is 14.8. The number of hydrogen-bond acceptors (Lipinski definition) is 2. The van der Waals surface area contributed by atoms with Crippen LogP contribution in [0.3, 0.4) is 0 Å². The van der Waals surface area contributed by atoms with E-state index in [0.717, 1.165) is 19.4 Å². The SMILES string of the molecule is CCCCCNC(=O)C(C)NC(C)Cc1ccccc1. The van der Waals surface area contributed by atoms with E-state index in [9.17, 15) is 4.79 Å². The second-order valence-electron chi connectivity index (χ2n) is 5.48. The van der Waals surface area contributed by atoms with Crippen LogP contribution < -0.4 is 10.6 Å². The van der Waals surface area contributed by atoms with E-state index in [1.54, 1.807) is 0 Å². The van der Waals surface area contributed by atoms with Gasteiger partial charge in [-0.1, -0.05) is 50.1 Å². The van der Waals surface area contributed by atoms with Crippen molar-refractivity contribution in [2.75, 3.05) is 6.54 Å². The van der Waals surface area contributed by atoms with Gasteiger partial charge in [0.05, 0.1) is 6.04 Å². The fourth-order valence-electron chi connectivity index (χ4n) is 2.27. The molecule has 0 saturated heterocycles. The molecule has 0 aliphatic carbocycles. The van der Waals surface area contributed by atoms with Crippen molar-refractivity contribution in [1.82, 2.24) is 10.6 Å². The summed E-state index contributed by atoms with van der Waals surface area (Å²) in [4.78, 5) is 11.9. The molecule has 1 aromatic carbocycles. The van der Waals surface area contributed by atoms with Gasteiger partial charge in [0.15, 0.2) is 0 Å². The Morgan fingerprint density at radius 3 is 2.50 bits per heavy atom. The number of amides is 1. The lowest BCUT2D eigenvalue weighted by Crippen LogP contribution is -2.46. The first kappa shape index (κ1) is 16.7. The number of unbranched alkanes of at least 4 members (excludes halogenated alkanes) is 2. The lowest BCUT2D eigenvalue weighted by Gasteiger charge is -2.19. The smallest absolute Gasteiger partial charge is 0.236 e. The molecule has 0 spiro atoms. The average Bonchev–Trinajstić information content (AvgIpc) is 2.44. The van der Waals surface area contributed by atoms with Gasteiger partial charge in [-0.3, -0.25) is 4.79 Å². The van der Waals surface area contributed by atoms with E-state index in [1.165, 1.54) is 18.4 Å². The molecular weight excluding hydrogens is 248 g/mol. The molecular formula is C17H28N2O. The Labute approximate surface area is 123 Å². The van der Waals surface area contributed by atoms with Crippen LogP contribution in [0.4, 0.5) is 0 Å². The van der Waals surface area contributed by atoms with Crippen LogP contribution in [0.25, 0.3) is 0 Å². The predicted octanol–water partition coefficient (Wildman–Crippen LogP) is 2.90. The summed E-state index contributed by atoms with van der Waals surface area (Å²) >= 11 is 0. The second kappa shape index (κ2) is 9.54. The van der Waals surface area contributed by atoms with Crippen LogP contribution in [-0.2, 0) is 11.2 Å². The van der Waals surface area contributed by atoms with Crippen LogP contribution in [0.1, 0.15) is 45.6 Å². The highest BCUT2D eigenvalue weighted by atomic mass is 16.2. The number of carbonyl (C=O) groups excluding carboxylic acids is 1. The van der Waals surface area contributed by atoms with Crippen LogP contribution in [0.5, 0.6) is 0 Å². The molecule has 0 bridgehead atoms. The lowest BCUT2D eigenvalue weighted by molar-refractivity contribution is -0.122. The highest BCUT2D eigenvalue weighted by Gasteiger charge is 2.14. The first-order valence-corrected chi connectivity index (χ1v) is 7.71. The minimum Gasteiger partial charge on any atom is -0.355 e. The Balaban J connectivity index is 2.26. The molecule has 1 rings (SSSR count). The van der Waals surface area contributed by atoms with Gasteiger partial charge in [-0.15, -0.1) is 0 Å². The van der Waals surface area contributed by atoms with E-state index < -0.39 is 0 Å². The van der Waals surface area contributed by atoms with Crippen molar-refractivity contribution in [1.29, 1.82) is 0 Å². The molecule has 0 aliphatic heterocycles. The van der Waals surface area contributed by atoms with E-state index in [-0.39, 0.29) is 18.0 Å². The molecule has 2 unspecified atom stereocenters. The molecule has 20 heavy (non-hydrogen) atoms. The number of nitrogens with one attached hydrogen (secondary N) is 2. The Kier molecular flexibility index (Phi) is 7.97. The summed E-state index contributed by atoms with van der Waals surface area (Å²) < 4.78 is 0. The summed E-state index contributed by atoms with van der Waals surface area (Å²) in [6, 6.07) is 10.5. The van der Waals surface area contributed by atoms with Crippen LogP contribution in [-0.4, -0.2) is 24.5 Å². The van der Waals surface area contributed by atoms with E-state index >= 15 is 0 Å². The fraction of sp³-hybridized carbons (Fsp3) is 0.588. The van der Waals surface area contributed by atoms with Crippen molar-refractivity contribution in [3.63, 3.8) is 0 Å². The number of benzene rings is 1. The van der Waals surface area contributed by atoms with Crippen molar-refractivity contribution < 1.29 is 4.79 Å². The minimum absolute atomic E-state index is 0.0982. The average molecular weight is 276 g/mol. The Bertz CT molecular complexity index is 378. The standard InChI is InChI=1S/C17H28N2O/c1-4-5-9-12-18-17(20)15(3)19-14(2)13-16-10-7-6-8-11-16/h6-8,10-11,14-15,19H,4-5,9,12-13H2,1-3H3,(H,18,20). The molecule has 112 valence electrons. The van der Waals surface area contributed by atoms with Gasteiger partial charge in [-0.05, 0) is 32.3 Å². The van der Waals surface area contributed by atoms with Crippen LogP contribution in [0.2, 0.25) is 0 Å². The fourth-order valence-corrected chi connectivity index (χ4v) is 2.27. The van der Waals surface area contributed by atoms with E-state index in [2.05, 4.69) is 36.6 Å². The van der Waals surface area contributed by atoms with Gasteiger partial charge in [0.25, 0.3) is 0 Å². The normalized spacial score (nSPS) is 13.8. The van der Waals surface area contributed by atoms with Gasteiger partial charge in [0.2, 0.25) is 5.91 Å². The largest absolute Gasteiger partial charge is 0.355 e. The first-order chi connectivity index (χ1) is 9.63. The summed E-state index contributed by atoms with van der Waals surface area (Å²) in [5.74, 6) is 0.0982. The van der Waals surface area contributed by atoms with Gasteiger partial charge in [0, 0.05) is 12.6 Å². The van der Waals surface area contributed by atoms with E-state index in [0.29, 0.717) is 0 Å². The molecule has 1 amide bonds. The van der Waals surface area contributed by atoms with E-state index in [1.807, 2.05) is 25.1 Å². The number of rotatable bonds is 9. The second-order valence-corrected chi connectivity index (χ2v) is 5.48. The summed E-state index contributed by atoms with van der Waals surface area (Å²) in [5.41, 5.74) is 1.29. The molecule has 0 radical (unpaired) electrons. The third-order valence-corrected chi connectivity index (χ3v) is 3.39. The van der Waals surface area contributed by atoms with Gasteiger partial charge in [-0.25, -0.2) is 0 Å². The predicted molar refractivity (Wildman–Crippen MR) is 84.7 cm³/mol. The van der Waals surface area contributed by atoms with Crippen molar-refractivity contribution in [2.45, 2.75) is 58.5 Å². The molecule has 2 N–H and O–H groups in total. The highest BCUT2D eigenvalue weighted by molar-refractivity contribution is 5.81. The maximum absolute atomic E-state index is 11.9. The zero-order valence-electron chi connectivity index (χ0n) is 13.0. The molecule has 0 aromatic heterocycles. The minimum atomic E-state index is -0.143. The maximum atomic E-state index is 11.9. The van der Waals surface area contributed by atoms with E-state index in [4.69, 9.17) is 0 Å². The third kappa shape index (κ3) is 6.71. The van der Waals surface area contributed by atoms with Gasteiger partial charge in [-0.2, -0.15) is 0 Å². The third-order valence-electron chi connectivity index (χ3n) is 3.39. The van der Waals surface area contributed by atoms with Crippen molar-refractivity contribution in [3.05, 3.63) is 35.9 Å². The van der Waals surface area contributed by atoms with Crippen LogP contribution >= 0.6 is 0 Å². The Hall–Kier alpha value is -1.35. The van der Waals surface area contributed by atoms with Crippen molar-refractivity contribution in [2.24, 2.45) is 0 Å². The lowest BCUT2D eigenvalue weighted by atomic mass is 10.1. The molecule has 0 aliphatic rings. The summed E-state index contributed by atoms with van der Waals surface area (Å²) in [7, 11) is 0. The van der Waals surface area contributed by atoms with Crippen molar-refractivity contribution in [3.8, 4) is 0 Å². The molecule has 3 nitrogen and oxygen atoms in total. The molecule has 0 saturated carbocycles. The summed E-state index contributed by atoms with van der Waals surface area (Å²) in [5, 5.41) is 6.34. The maximum Gasteiger partial charge on any atom is 0.236 e. The summed E-state index contributed by atoms with van der Waals surface area (Å²) in [6.45, 7) is 6.99. The molecule has 1 aromatic rings. The van der Waals surface area contributed by atoms with Gasteiger partial charge >= 0.3 is 0 Å². The summed E-state index contributed by atoms with van der Waals surface area (Å²) in [6.07, 6.45) is 4.35. The number of carbonyl (C=O) groups is 1. The van der Waals surface area contributed by atoms with Crippen LogP contribution in [0.15, 0.2) is 30.3 Å². The van der Waals surface area contributed by atoms with Gasteiger partial charge < -0.3 is 10.6 Å². The monoisotopic (exact) mass is 276 g/mol. The zero-order valence-corrected chi connectivity index (χ0v) is 13.0. The molecule has 0 fully saturated rings. The molecule has 2 atom stereocenters. The van der Waals surface area contributed by atoms with Gasteiger partial charge in [0.1, 0.15) is 0 Å². The first-order valence-electron chi connectivity index (χ1n) is 7.71. The Morgan fingerprint density at radius 1 is 1.15 bits per heavy atom. The Morgan fingerprint density at radius 2 is 1.85 bits per heavy atom. The molecule has 3 heteroatoms. The quantitative estimate of drug-likeness (QED) is 0.681. The highest BCUT2D eigenvalue weighted by Crippen LogP contribution is 2.03. The van der Waals surface area contributed by atoms with Crippen molar-refractivity contribution >= 4 is 5.91 Å². The number of hydrogen-bond donors (Lipinski definition) is 2. The van der Waals surface area contributed by atoms with Crippen LogP contribution in [0, 0.1) is 0 Å².